The van der Waals surface area contributed by atoms with Crippen molar-refractivity contribution in [3.05, 3.63) is 29.3 Å². The lowest BCUT2D eigenvalue weighted by molar-refractivity contribution is 0.114. The van der Waals surface area contributed by atoms with Crippen LogP contribution in [0.3, 0.4) is 0 Å². The molecule has 1 aliphatic heterocycles. The predicted octanol–water partition coefficient (Wildman–Crippen LogP) is 2.57. The van der Waals surface area contributed by atoms with Crippen LogP contribution < -0.4 is 10.1 Å². The second kappa shape index (κ2) is 5.86. The van der Waals surface area contributed by atoms with Crippen LogP contribution in [0.2, 0.25) is 0 Å². The maximum Gasteiger partial charge on any atom is 0.407 e. The summed E-state index contributed by atoms with van der Waals surface area (Å²) >= 11 is 0. The maximum absolute atomic E-state index is 13.7. The maximum atomic E-state index is 13.7. The summed E-state index contributed by atoms with van der Waals surface area (Å²) in [7, 11) is 1.32. The number of rotatable bonds is 2. The molecule has 0 radical (unpaired) electrons. The van der Waals surface area contributed by atoms with Gasteiger partial charge in [0.05, 0.1) is 19.8 Å². The van der Waals surface area contributed by atoms with E-state index in [1.807, 2.05) is 0 Å². The molecule has 1 amide bonds. The number of methoxy groups -OCH3 is 1. The van der Waals surface area contributed by atoms with Gasteiger partial charge in [-0.25, -0.2) is 13.6 Å². The van der Waals surface area contributed by atoms with Gasteiger partial charge < -0.3 is 14.8 Å². The third-order valence-electron chi connectivity index (χ3n) is 2.57. The molecular weight excluding hydrogens is 268 g/mol. The van der Waals surface area contributed by atoms with Crippen molar-refractivity contribution in [2.45, 2.75) is 12.5 Å². The molecule has 0 aromatic heterocycles. The number of hydrogen-bond acceptors (Lipinski definition) is 3. The molecule has 0 spiro atoms. The smallest absolute Gasteiger partial charge is 0.407 e. The van der Waals surface area contributed by atoms with Crippen molar-refractivity contribution < 1.29 is 23.0 Å². The Bertz CT molecular complexity index is 433. The lowest BCUT2D eigenvalue weighted by atomic mass is 10.0. The number of halogens is 3. The Morgan fingerprint density at radius 3 is 2.50 bits per heavy atom. The minimum absolute atomic E-state index is 0. The normalized spacial score (nSPS) is 18.4. The number of hydrogen-bond donors (Lipinski definition) is 1. The topological polar surface area (TPSA) is 47.6 Å². The van der Waals surface area contributed by atoms with E-state index in [1.54, 1.807) is 0 Å². The Labute approximate surface area is 109 Å². The van der Waals surface area contributed by atoms with E-state index in [4.69, 9.17) is 4.74 Å². The fourth-order valence-electron chi connectivity index (χ4n) is 1.75. The van der Waals surface area contributed by atoms with Gasteiger partial charge in [0.1, 0.15) is 17.4 Å². The molecule has 0 unspecified atom stereocenters. The van der Waals surface area contributed by atoms with E-state index < -0.39 is 23.8 Å². The molecule has 100 valence electrons. The van der Waals surface area contributed by atoms with Crippen LogP contribution in [-0.4, -0.2) is 19.8 Å². The van der Waals surface area contributed by atoms with E-state index in [2.05, 4.69) is 10.1 Å². The van der Waals surface area contributed by atoms with Crippen molar-refractivity contribution >= 4 is 18.5 Å². The van der Waals surface area contributed by atoms with E-state index in [1.165, 1.54) is 7.11 Å². The Hall–Kier alpha value is -1.56. The number of carbonyl (C=O) groups is 1. The summed E-state index contributed by atoms with van der Waals surface area (Å²) in [5.74, 6) is -1.38. The van der Waals surface area contributed by atoms with Crippen molar-refractivity contribution in [2.75, 3.05) is 13.7 Å². The lowest BCUT2D eigenvalue weighted by Crippen LogP contribution is -2.36. The van der Waals surface area contributed by atoms with Crippen LogP contribution in [0.1, 0.15) is 18.0 Å². The third-order valence-corrected chi connectivity index (χ3v) is 2.57. The number of amides is 1. The fraction of sp³-hybridized carbons (Fsp3) is 0.364. The first-order valence-electron chi connectivity index (χ1n) is 5.08. The SMILES string of the molecule is COc1cc(F)c([C@H]2CCOC(=O)N2)c(F)c1.Cl. The highest BCUT2D eigenvalue weighted by atomic mass is 35.5. The molecule has 4 nitrogen and oxygen atoms in total. The summed E-state index contributed by atoms with van der Waals surface area (Å²) in [5, 5.41) is 2.37. The largest absolute Gasteiger partial charge is 0.497 e. The van der Waals surface area contributed by atoms with E-state index in [0.717, 1.165) is 12.1 Å². The van der Waals surface area contributed by atoms with Gasteiger partial charge in [0, 0.05) is 24.1 Å². The van der Waals surface area contributed by atoms with Crippen LogP contribution in [0, 0.1) is 11.6 Å². The molecule has 1 aromatic carbocycles. The first kappa shape index (κ1) is 14.5. The second-order valence-electron chi connectivity index (χ2n) is 3.63. The Kier molecular flexibility index (Phi) is 4.72. The van der Waals surface area contributed by atoms with Crippen LogP contribution in [0.4, 0.5) is 13.6 Å². The summed E-state index contributed by atoms with van der Waals surface area (Å²) in [5.41, 5.74) is -0.164. The van der Waals surface area contributed by atoms with Gasteiger partial charge in [0.2, 0.25) is 0 Å². The van der Waals surface area contributed by atoms with Gasteiger partial charge in [-0.15, -0.1) is 12.4 Å². The molecule has 18 heavy (non-hydrogen) atoms. The monoisotopic (exact) mass is 279 g/mol. The third kappa shape index (κ3) is 2.81. The zero-order chi connectivity index (χ0) is 12.4. The minimum atomic E-state index is -0.742. The first-order chi connectivity index (χ1) is 8.11. The lowest BCUT2D eigenvalue weighted by Gasteiger charge is -2.24. The zero-order valence-electron chi connectivity index (χ0n) is 9.54. The molecule has 1 aliphatic rings. The molecule has 1 atom stereocenters. The average Bonchev–Trinajstić information content (AvgIpc) is 2.28. The quantitative estimate of drug-likeness (QED) is 0.905. The van der Waals surface area contributed by atoms with Gasteiger partial charge in [-0.2, -0.15) is 0 Å². The molecule has 0 aliphatic carbocycles. The molecule has 1 fully saturated rings. The van der Waals surface area contributed by atoms with E-state index >= 15 is 0 Å². The molecule has 1 aromatic rings. The van der Waals surface area contributed by atoms with Gasteiger partial charge in [-0.1, -0.05) is 0 Å². The molecule has 2 rings (SSSR count). The van der Waals surface area contributed by atoms with Crippen LogP contribution in [0.15, 0.2) is 12.1 Å². The number of nitrogens with one attached hydrogen (secondary N) is 1. The number of carbonyl (C=O) groups excluding carboxylic acids is 1. The second-order valence-corrected chi connectivity index (χ2v) is 3.63. The summed E-state index contributed by atoms with van der Waals surface area (Å²) < 4.78 is 36.8. The van der Waals surface area contributed by atoms with Crippen LogP contribution in [-0.2, 0) is 4.74 Å². The molecular formula is C11H12ClF2NO3. The number of cyclic esters (lactones) is 1. The summed E-state index contributed by atoms with van der Waals surface area (Å²) in [6, 6.07) is 1.46. The molecule has 1 heterocycles. The van der Waals surface area contributed by atoms with Crippen molar-refractivity contribution in [2.24, 2.45) is 0 Å². The highest BCUT2D eigenvalue weighted by Gasteiger charge is 2.26. The predicted molar refractivity (Wildman–Crippen MR) is 62.0 cm³/mol. The summed E-state index contributed by atoms with van der Waals surface area (Å²) in [6.45, 7) is 0.140. The van der Waals surface area contributed by atoms with Crippen molar-refractivity contribution in [1.29, 1.82) is 0 Å². The van der Waals surface area contributed by atoms with Gasteiger partial charge in [0.25, 0.3) is 0 Å². The van der Waals surface area contributed by atoms with E-state index in [-0.39, 0.29) is 30.3 Å². The van der Waals surface area contributed by atoms with Crippen molar-refractivity contribution in [3.8, 4) is 5.75 Å². The van der Waals surface area contributed by atoms with E-state index in [0.29, 0.717) is 6.42 Å². The number of alkyl carbamates (subject to hydrolysis) is 1. The van der Waals surface area contributed by atoms with Crippen molar-refractivity contribution in [1.82, 2.24) is 5.32 Å². The van der Waals surface area contributed by atoms with Gasteiger partial charge in [-0.3, -0.25) is 0 Å². The Morgan fingerprint density at radius 2 is 2.00 bits per heavy atom. The molecule has 7 heteroatoms. The Morgan fingerprint density at radius 1 is 1.39 bits per heavy atom. The van der Waals surface area contributed by atoms with Crippen LogP contribution >= 0.6 is 12.4 Å². The van der Waals surface area contributed by atoms with Gasteiger partial charge in [-0.05, 0) is 0 Å². The van der Waals surface area contributed by atoms with Gasteiger partial charge >= 0.3 is 6.09 Å². The summed E-state index contributed by atoms with van der Waals surface area (Å²) in [4.78, 5) is 11.0. The summed E-state index contributed by atoms with van der Waals surface area (Å²) in [6.07, 6.45) is -0.345. The molecule has 0 saturated carbocycles. The zero-order valence-corrected chi connectivity index (χ0v) is 10.4. The number of ether oxygens (including phenoxy) is 2. The number of benzene rings is 1. The molecule has 0 bridgehead atoms. The van der Waals surface area contributed by atoms with Crippen LogP contribution in [0.5, 0.6) is 5.75 Å². The Balaban J connectivity index is 0.00000162. The standard InChI is InChI=1S/C11H11F2NO3.ClH/c1-16-6-4-7(12)10(8(13)5-6)9-2-3-17-11(15)14-9;/h4-5,9H,2-3H2,1H3,(H,14,15);1H/t9-;/m1./s1. The molecule has 1 N–H and O–H groups in total. The fourth-order valence-corrected chi connectivity index (χ4v) is 1.75. The first-order valence-corrected chi connectivity index (χ1v) is 5.08. The van der Waals surface area contributed by atoms with Crippen LogP contribution in [0.25, 0.3) is 0 Å². The average molecular weight is 280 g/mol. The highest BCUT2D eigenvalue weighted by Crippen LogP contribution is 2.28. The minimum Gasteiger partial charge on any atom is -0.497 e. The molecule has 1 saturated heterocycles. The van der Waals surface area contributed by atoms with E-state index in [9.17, 15) is 13.6 Å². The van der Waals surface area contributed by atoms with Gasteiger partial charge in [0.15, 0.2) is 0 Å². The van der Waals surface area contributed by atoms with Crippen molar-refractivity contribution in [3.63, 3.8) is 0 Å². The highest BCUT2D eigenvalue weighted by molar-refractivity contribution is 5.85.